The number of aromatic nitrogens is 2. The molecular weight excluding hydrogens is 1120 g/mol. The van der Waals surface area contributed by atoms with Crippen LogP contribution >= 0.6 is 0 Å². The Kier molecular flexibility index (Phi) is 14.8. The monoisotopic (exact) mass is 1210 g/mol. The Hall–Kier alpha value is -8.87. The van der Waals surface area contributed by atoms with Gasteiger partial charge in [-0.3, -0.25) is 4.57 Å². The summed E-state index contributed by atoms with van der Waals surface area (Å²) in [6, 6.07) is 67.5. The lowest BCUT2D eigenvalue weighted by Crippen LogP contribution is -2.25. The number of para-hydroxylation sites is 4. The molecule has 0 radical (unpaired) electrons. The maximum atomic E-state index is 9.08. The van der Waals surface area contributed by atoms with E-state index >= 15 is 0 Å². The normalized spacial score (nSPS) is 13.6. The Bertz CT molecular complexity index is 4740. The van der Waals surface area contributed by atoms with Crippen molar-refractivity contribution >= 4 is 66.5 Å². The van der Waals surface area contributed by atoms with Crippen molar-refractivity contribution in [3.8, 4) is 50.7 Å². The summed E-state index contributed by atoms with van der Waals surface area (Å²) < 4.78 is 25.5. The van der Waals surface area contributed by atoms with Gasteiger partial charge in [0.1, 0.15) is 35.2 Å². The number of rotatable bonds is 10. The molecule has 0 aliphatic carbocycles. The second-order valence-electron chi connectivity index (χ2n) is 31.8. The third-order valence-corrected chi connectivity index (χ3v) is 19.1. The van der Waals surface area contributed by atoms with Gasteiger partial charge in [0.2, 0.25) is 0 Å². The van der Waals surface area contributed by atoms with Gasteiger partial charge < -0.3 is 19.0 Å². The quantitative estimate of drug-likeness (QED) is 0.137. The van der Waals surface area contributed by atoms with Crippen molar-refractivity contribution in [1.82, 2.24) is 9.55 Å². The molecule has 0 amide bonds. The minimum absolute atomic E-state index is 0.0875. The molecule has 3 aromatic heterocycles. The molecule has 0 bridgehead atoms. The number of benzene rings is 9. The molecule has 468 valence electrons. The average Bonchev–Trinajstić information content (AvgIpc) is 1.59. The lowest BCUT2D eigenvalue weighted by molar-refractivity contribution is 0.483. The second-order valence-corrected chi connectivity index (χ2v) is 31.8. The van der Waals surface area contributed by atoms with E-state index in [1.807, 2.05) is 18.2 Å². The molecule has 0 spiro atoms. The second kappa shape index (κ2) is 22.5. The third kappa shape index (κ3) is 11.3. The molecule has 13 rings (SSSR count). The molecule has 6 heteroatoms. The molecule has 0 saturated carbocycles. The first-order chi connectivity index (χ1) is 43.8. The summed E-state index contributed by atoms with van der Waals surface area (Å²) in [6.45, 7) is 44.4. The van der Waals surface area contributed by atoms with Crippen LogP contribution in [0.15, 0.2) is 193 Å². The Morgan fingerprint density at radius 2 is 0.978 bits per heavy atom. The zero-order chi connectivity index (χ0) is 66.2. The fourth-order valence-corrected chi connectivity index (χ4v) is 13.7. The first-order valence-electron chi connectivity index (χ1n) is 33.7. The number of nitrogens with zero attached hydrogens (tertiary/aromatic N) is 4. The van der Waals surface area contributed by atoms with Gasteiger partial charge in [-0.05, 0) is 167 Å². The highest BCUT2D eigenvalue weighted by atomic mass is 16.5. The zero-order valence-corrected chi connectivity index (χ0v) is 57.8. The van der Waals surface area contributed by atoms with Crippen molar-refractivity contribution in [2.75, 3.05) is 16.5 Å². The number of anilines is 4. The molecule has 1 aliphatic heterocycles. The standard InChI is InChI=1S/C86H92N4O2/c1-52(2)65-27-24-28-66(53(3)4)78(65)56-44-62(49-64(45-56)91-63-34-35-71-75(50-63)90(77-48-57(38-39-87-77)82(5,6)7)74-37-36-70-69-26-20-23-33-76(69)92-81(70)79(71)74)88-51-89(73-32-22-21-31-72(73)88)80-67(54-40-58(83(8,9)10)46-59(41-54)84(11,12)13)29-25-30-68(80)55-42-60(85(14,15)16)47-61(43-55)86(17,18)19/h20-50,52-53H,51H2,1-19H3/i39D. The van der Waals surface area contributed by atoms with Crippen molar-refractivity contribution in [2.24, 2.45) is 0 Å². The van der Waals surface area contributed by atoms with Crippen LogP contribution in [-0.4, -0.2) is 16.2 Å². The van der Waals surface area contributed by atoms with E-state index in [0.29, 0.717) is 18.2 Å². The van der Waals surface area contributed by atoms with E-state index in [9.17, 15) is 0 Å². The summed E-state index contributed by atoms with van der Waals surface area (Å²) in [4.78, 5) is 10.1. The lowest BCUT2D eigenvalue weighted by Gasteiger charge is -2.31. The number of ether oxygens (including phenoxy) is 1. The van der Waals surface area contributed by atoms with E-state index in [2.05, 4.69) is 310 Å². The van der Waals surface area contributed by atoms with Crippen molar-refractivity contribution in [2.45, 2.75) is 170 Å². The van der Waals surface area contributed by atoms with Crippen molar-refractivity contribution in [1.29, 1.82) is 0 Å². The zero-order valence-electron chi connectivity index (χ0n) is 58.8. The van der Waals surface area contributed by atoms with Gasteiger partial charge in [0.05, 0.1) is 34.9 Å². The van der Waals surface area contributed by atoms with Crippen LogP contribution in [0, 0.1) is 0 Å². The number of hydrogen-bond acceptors (Lipinski definition) is 5. The van der Waals surface area contributed by atoms with Crippen molar-refractivity contribution < 1.29 is 10.5 Å². The molecule has 0 N–H and O–H groups in total. The Balaban J connectivity index is 1.04. The molecule has 0 saturated heterocycles. The van der Waals surface area contributed by atoms with Gasteiger partial charge in [-0.1, -0.05) is 235 Å². The largest absolute Gasteiger partial charge is 0.457 e. The fourth-order valence-electron chi connectivity index (χ4n) is 13.7. The summed E-state index contributed by atoms with van der Waals surface area (Å²) in [5.41, 5.74) is 23.4. The van der Waals surface area contributed by atoms with E-state index in [0.717, 1.165) is 77.7 Å². The summed E-state index contributed by atoms with van der Waals surface area (Å²) in [6.07, 6.45) is 0.215. The number of furan rings is 1. The first kappa shape index (κ1) is 60.7. The minimum atomic E-state index is -0.222. The van der Waals surface area contributed by atoms with Crippen molar-refractivity contribution in [3.63, 3.8) is 0 Å². The lowest BCUT2D eigenvalue weighted by atomic mass is 9.77. The van der Waals surface area contributed by atoms with Gasteiger partial charge in [0.25, 0.3) is 0 Å². The van der Waals surface area contributed by atoms with Crippen LogP contribution in [0.2, 0.25) is 0 Å². The highest BCUT2D eigenvalue weighted by Crippen LogP contribution is 2.53. The van der Waals surface area contributed by atoms with Crippen LogP contribution in [0.25, 0.3) is 82.9 Å². The topological polar surface area (TPSA) is 46.7 Å². The van der Waals surface area contributed by atoms with E-state index in [4.69, 9.17) is 15.5 Å². The van der Waals surface area contributed by atoms with Crippen molar-refractivity contribution in [3.05, 3.63) is 227 Å². The molecule has 9 aromatic carbocycles. The van der Waals surface area contributed by atoms with Crippen LogP contribution < -0.4 is 14.5 Å². The Morgan fingerprint density at radius 1 is 0.446 bits per heavy atom. The highest BCUT2D eigenvalue weighted by molar-refractivity contribution is 6.24. The molecule has 0 unspecified atom stereocenters. The van der Waals surface area contributed by atoms with Crippen LogP contribution in [0.5, 0.6) is 11.5 Å². The average molecular weight is 1210 g/mol. The first-order valence-corrected chi connectivity index (χ1v) is 33.2. The van der Waals surface area contributed by atoms with E-state index in [1.54, 1.807) is 0 Å². The van der Waals surface area contributed by atoms with Gasteiger partial charge in [-0.15, -0.1) is 0 Å². The minimum Gasteiger partial charge on any atom is -0.457 e. The molecule has 1 aliphatic rings. The third-order valence-electron chi connectivity index (χ3n) is 19.1. The number of fused-ring (bicyclic) bond motifs is 8. The maximum Gasteiger partial charge on any atom is 0.145 e. The molecule has 12 aromatic rings. The predicted octanol–water partition coefficient (Wildman–Crippen LogP) is 24.9. The number of hydrogen-bond donors (Lipinski definition) is 0. The fraction of sp³-hybridized carbons (Fsp3) is 0.314. The van der Waals surface area contributed by atoms with Crippen LogP contribution in [0.3, 0.4) is 0 Å². The SMILES string of the molecule is [2H]c1cc(C(C)(C)C)cc(-n2c3cc(Oc4cc(-c5c(C(C)C)cccc5C(C)C)cc(N5CN(c6c(-c7cc(C(C)(C)C)cc(C(C)(C)C)c7)cccc6-c6cc(C(C)(C)C)cc(C(C)(C)C)c6)c6ccccc65)c4)ccc3c3c4oc5ccccc5c4ccc32)n1. The highest BCUT2D eigenvalue weighted by Gasteiger charge is 2.34. The smallest absolute Gasteiger partial charge is 0.145 e. The van der Waals surface area contributed by atoms with Gasteiger partial charge in [-0.25, -0.2) is 4.98 Å². The van der Waals surface area contributed by atoms with E-state index < -0.39 is 0 Å². The molecule has 0 fully saturated rings. The van der Waals surface area contributed by atoms with E-state index in [-0.39, 0.29) is 45.1 Å². The molecule has 4 heterocycles. The summed E-state index contributed by atoms with van der Waals surface area (Å²) in [5, 5.41) is 4.12. The summed E-state index contributed by atoms with van der Waals surface area (Å²) in [5.74, 6) is 2.58. The molecule has 92 heavy (non-hydrogen) atoms. The maximum absolute atomic E-state index is 9.08. The van der Waals surface area contributed by atoms with Crippen LogP contribution in [0.1, 0.15) is 184 Å². The van der Waals surface area contributed by atoms with Crippen LogP contribution in [0.4, 0.5) is 22.7 Å². The molecule has 6 nitrogen and oxygen atoms in total. The van der Waals surface area contributed by atoms with Gasteiger partial charge in [0, 0.05) is 51.3 Å². The predicted molar refractivity (Wildman–Crippen MR) is 392 cm³/mol. The summed E-state index contributed by atoms with van der Waals surface area (Å²) >= 11 is 0. The van der Waals surface area contributed by atoms with Gasteiger partial charge >= 0.3 is 0 Å². The Morgan fingerprint density at radius 3 is 1.54 bits per heavy atom. The molecule has 0 atom stereocenters. The van der Waals surface area contributed by atoms with Crippen LogP contribution in [-0.2, 0) is 27.1 Å². The number of pyridine rings is 1. The van der Waals surface area contributed by atoms with Gasteiger partial charge in [0.15, 0.2) is 0 Å². The van der Waals surface area contributed by atoms with Gasteiger partial charge in [-0.2, -0.15) is 0 Å². The van der Waals surface area contributed by atoms with E-state index in [1.165, 1.54) is 66.9 Å². The molecular formula is C86H92N4O2. The Labute approximate surface area is 548 Å². The summed E-state index contributed by atoms with van der Waals surface area (Å²) in [7, 11) is 0.